The summed E-state index contributed by atoms with van der Waals surface area (Å²) in [5, 5.41) is 16.4. The summed E-state index contributed by atoms with van der Waals surface area (Å²) in [5.41, 5.74) is 10.4. The van der Waals surface area contributed by atoms with Crippen molar-refractivity contribution in [2.45, 2.75) is 45.6 Å². The van der Waals surface area contributed by atoms with E-state index in [1.807, 2.05) is 0 Å². The largest absolute Gasteiger partial charge is 0.480 e. The molecule has 0 aliphatic rings. The number of nitrogens with one attached hydrogen (secondary N) is 3. The summed E-state index contributed by atoms with van der Waals surface area (Å²) >= 11 is 0. The highest BCUT2D eigenvalue weighted by atomic mass is 16.4. The minimum Gasteiger partial charge on any atom is -0.480 e. The van der Waals surface area contributed by atoms with Crippen LogP contribution in [-0.4, -0.2) is 84.3 Å². The first-order valence-corrected chi connectivity index (χ1v) is 9.99. The molecule has 0 fully saturated rings. The van der Waals surface area contributed by atoms with Gasteiger partial charge in [0.15, 0.2) is 5.96 Å². The smallest absolute Gasteiger partial charge is 0.326 e. The predicted molar refractivity (Wildman–Crippen MR) is 113 cm³/mol. The van der Waals surface area contributed by atoms with Crippen LogP contribution in [0, 0.1) is 0 Å². The maximum Gasteiger partial charge on any atom is 0.326 e. The average Bonchev–Trinajstić information content (AvgIpc) is 2.71. The molecule has 0 saturated heterocycles. The van der Waals surface area contributed by atoms with Gasteiger partial charge >= 0.3 is 5.97 Å². The van der Waals surface area contributed by atoms with Gasteiger partial charge in [0.25, 0.3) is 0 Å². The molecule has 0 saturated carbocycles. The summed E-state index contributed by atoms with van der Waals surface area (Å²) in [6, 6.07) is -1.15. The fourth-order valence-electron chi connectivity index (χ4n) is 2.39. The van der Waals surface area contributed by atoms with Crippen molar-refractivity contribution in [2.24, 2.45) is 16.5 Å². The number of hydrogen-bond donors (Lipinski definition) is 6. The van der Waals surface area contributed by atoms with Crippen molar-refractivity contribution in [3.8, 4) is 0 Å². The van der Waals surface area contributed by atoms with Gasteiger partial charge in [0.2, 0.25) is 23.6 Å². The number of carbonyl (C=O) groups is 5. The second kappa shape index (κ2) is 15.5. The van der Waals surface area contributed by atoms with E-state index >= 15 is 0 Å². The molecule has 4 amide bonds. The molecule has 0 aromatic rings. The van der Waals surface area contributed by atoms with Crippen molar-refractivity contribution < 1.29 is 29.1 Å². The molecule has 0 spiro atoms. The summed E-state index contributed by atoms with van der Waals surface area (Å²) in [6.45, 7) is 2.96. The molecule has 0 aliphatic heterocycles. The summed E-state index contributed by atoms with van der Waals surface area (Å²) in [4.78, 5) is 63.8. The number of rotatable bonds is 15. The lowest BCUT2D eigenvalue weighted by Gasteiger charge is -2.23. The van der Waals surface area contributed by atoms with Crippen LogP contribution >= 0.6 is 0 Å². The topological polar surface area (TPSA) is 209 Å². The zero-order chi connectivity index (χ0) is 23.8. The van der Waals surface area contributed by atoms with Gasteiger partial charge in [0.1, 0.15) is 6.04 Å². The molecule has 176 valence electrons. The molecule has 0 heterocycles. The van der Waals surface area contributed by atoms with Crippen LogP contribution in [0.4, 0.5) is 0 Å². The molecule has 8 N–H and O–H groups in total. The lowest BCUT2D eigenvalue weighted by Crippen LogP contribution is -2.49. The predicted octanol–water partition coefficient (Wildman–Crippen LogP) is -2.51. The van der Waals surface area contributed by atoms with E-state index in [4.69, 9.17) is 11.5 Å². The third kappa shape index (κ3) is 13.5. The van der Waals surface area contributed by atoms with Gasteiger partial charge in [0.05, 0.1) is 19.6 Å². The second-order valence-electron chi connectivity index (χ2n) is 6.63. The normalized spacial score (nSPS) is 11.0. The molecule has 1 atom stereocenters. The second-order valence-corrected chi connectivity index (χ2v) is 6.63. The van der Waals surface area contributed by atoms with Crippen molar-refractivity contribution in [3.05, 3.63) is 0 Å². The fourth-order valence-corrected chi connectivity index (χ4v) is 2.39. The van der Waals surface area contributed by atoms with E-state index < -0.39 is 29.7 Å². The first-order chi connectivity index (χ1) is 14.6. The zero-order valence-electron chi connectivity index (χ0n) is 18.0. The third-order valence-electron chi connectivity index (χ3n) is 3.96. The highest BCUT2D eigenvalue weighted by Crippen LogP contribution is 2.00. The van der Waals surface area contributed by atoms with Crippen molar-refractivity contribution in [1.29, 1.82) is 0 Å². The fraction of sp³-hybridized carbons (Fsp3) is 0.667. The average molecular weight is 444 g/mol. The molecule has 13 heteroatoms. The van der Waals surface area contributed by atoms with Gasteiger partial charge < -0.3 is 37.4 Å². The number of hydrogen-bond acceptors (Lipinski definition) is 6. The first-order valence-electron chi connectivity index (χ1n) is 9.99. The molecule has 0 rings (SSSR count). The number of amides is 4. The Labute approximate surface area is 181 Å². The van der Waals surface area contributed by atoms with Crippen LogP contribution < -0.4 is 27.4 Å². The maximum absolute atomic E-state index is 12.4. The van der Waals surface area contributed by atoms with E-state index in [0.717, 1.165) is 0 Å². The van der Waals surface area contributed by atoms with Gasteiger partial charge in [-0.15, -0.1) is 0 Å². The van der Waals surface area contributed by atoms with Crippen molar-refractivity contribution >= 4 is 35.6 Å². The molecule has 0 aromatic heterocycles. The molecule has 0 bridgehead atoms. The van der Waals surface area contributed by atoms with Crippen LogP contribution in [0.15, 0.2) is 4.99 Å². The van der Waals surface area contributed by atoms with E-state index in [1.165, 1.54) is 4.90 Å². The molecular weight excluding hydrogens is 410 g/mol. The maximum atomic E-state index is 12.4. The number of nitrogens with zero attached hydrogens (tertiary/aromatic N) is 2. The molecule has 0 aromatic carbocycles. The Morgan fingerprint density at radius 2 is 1.65 bits per heavy atom. The number of carbonyl (C=O) groups excluding carboxylic acids is 4. The lowest BCUT2D eigenvalue weighted by atomic mass is 10.1. The Bertz CT molecular complexity index is 664. The van der Waals surface area contributed by atoms with Gasteiger partial charge in [-0.05, 0) is 19.3 Å². The van der Waals surface area contributed by atoms with Crippen LogP contribution in [-0.2, 0) is 24.0 Å². The van der Waals surface area contributed by atoms with Crippen LogP contribution in [0.1, 0.15) is 39.5 Å². The van der Waals surface area contributed by atoms with Crippen LogP contribution in [0.3, 0.4) is 0 Å². The summed E-state index contributed by atoms with van der Waals surface area (Å²) < 4.78 is 0. The van der Waals surface area contributed by atoms with Crippen molar-refractivity contribution in [1.82, 2.24) is 20.9 Å². The van der Waals surface area contributed by atoms with E-state index in [1.54, 1.807) is 13.8 Å². The summed E-state index contributed by atoms with van der Waals surface area (Å²) in [5.74, 6) is -3.30. The molecular formula is C18H33N7O6. The monoisotopic (exact) mass is 443 g/mol. The Morgan fingerprint density at radius 3 is 2.19 bits per heavy atom. The minimum absolute atomic E-state index is 0.107. The van der Waals surface area contributed by atoms with Gasteiger partial charge in [-0.25, -0.2) is 4.79 Å². The van der Waals surface area contributed by atoms with Crippen LogP contribution in [0.25, 0.3) is 0 Å². The van der Waals surface area contributed by atoms with Crippen molar-refractivity contribution in [3.63, 3.8) is 0 Å². The Balaban J connectivity index is 4.65. The molecule has 0 radical (unpaired) electrons. The Kier molecular flexibility index (Phi) is 13.8. The SMILES string of the molecule is CCCN(CC(=O)NC(CCCN=C(N)N)C(=O)O)C(=O)CNC(=O)CNC(=O)CC. The van der Waals surface area contributed by atoms with Crippen LogP contribution in [0.2, 0.25) is 0 Å². The summed E-state index contributed by atoms with van der Waals surface area (Å²) in [6.07, 6.45) is 1.24. The molecule has 13 nitrogen and oxygen atoms in total. The Hall–Kier alpha value is -3.38. The standard InChI is InChI=1S/C18H33N7O6/c1-3-8-25(16(29)10-23-14(27)9-22-13(26)4-2)11-15(28)24-12(17(30)31)6-5-7-21-18(19)20/h12H,3-11H2,1-2H3,(H,22,26)(H,23,27)(H,24,28)(H,30,31)(H4,19,20,21). The lowest BCUT2D eigenvalue weighted by molar-refractivity contribution is -0.143. The number of aliphatic imine (C=N–C) groups is 1. The number of carboxylic acid groups (broad SMARTS) is 1. The third-order valence-corrected chi connectivity index (χ3v) is 3.96. The van der Waals surface area contributed by atoms with Crippen LogP contribution in [0.5, 0.6) is 0 Å². The highest BCUT2D eigenvalue weighted by molar-refractivity contribution is 5.91. The van der Waals surface area contributed by atoms with Gasteiger partial charge in [0, 0.05) is 19.5 Å². The first kappa shape index (κ1) is 27.6. The van der Waals surface area contributed by atoms with Gasteiger partial charge in [-0.1, -0.05) is 13.8 Å². The number of nitrogens with two attached hydrogens (primary N) is 2. The summed E-state index contributed by atoms with van der Waals surface area (Å²) in [7, 11) is 0. The number of aliphatic carboxylic acids is 1. The molecule has 0 aliphatic carbocycles. The molecule has 31 heavy (non-hydrogen) atoms. The van der Waals surface area contributed by atoms with E-state index in [0.29, 0.717) is 12.8 Å². The number of guanidine groups is 1. The highest BCUT2D eigenvalue weighted by Gasteiger charge is 2.22. The quantitative estimate of drug-likeness (QED) is 0.0902. The Morgan fingerprint density at radius 1 is 1.00 bits per heavy atom. The van der Waals surface area contributed by atoms with Crippen molar-refractivity contribution in [2.75, 3.05) is 32.7 Å². The number of carboxylic acids is 1. The van der Waals surface area contributed by atoms with E-state index in [2.05, 4.69) is 20.9 Å². The van der Waals surface area contributed by atoms with Gasteiger partial charge in [-0.3, -0.25) is 24.2 Å². The van der Waals surface area contributed by atoms with E-state index in [9.17, 15) is 29.1 Å². The van der Waals surface area contributed by atoms with Gasteiger partial charge in [-0.2, -0.15) is 0 Å². The molecule has 1 unspecified atom stereocenters. The zero-order valence-corrected chi connectivity index (χ0v) is 18.0. The van der Waals surface area contributed by atoms with E-state index in [-0.39, 0.29) is 57.4 Å². The minimum atomic E-state index is -1.21.